The largest absolute Gasteiger partial charge is 0.433 e. The Morgan fingerprint density at radius 2 is 1.79 bits per heavy atom. The normalized spacial score (nSPS) is 11.6. The molecule has 0 atom stereocenters. The Bertz CT molecular complexity index is 1150. The number of hydrogen-bond donors (Lipinski definition) is 2. The number of pyridine rings is 3. The summed E-state index contributed by atoms with van der Waals surface area (Å²) in [5, 5.41) is 19.5. The molecule has 29 heavy (non-hydrogen) atoms. The van der Waals surface area contributed by atoms with Crippen molar-refractivity contribution in [2.24, 2.45) is 0 Å². The molecule has 0 radical (unpaired) electrons. The molecule has 0 spiro atoms. The van der Waals surface area contributed by atoms with Gasteiger partial charge in [-0.25, -0.2) is 18.2 Å². The fourth-order valence-corrected chi connectivity index (χ4v) is 2.88. The molecule has 3 rings (SSSR count). The Kier molecular flexibility index (Phi) is 5.35. The van der Waals surface area contributed by atoms with Crippen molar-refractivity contribution >= 4 is 11.6 Å². The second kappa shape index (κ2) is 7.47. The van der Waals surface area contributed by atoms with Gasteiger partial charge in [-0.3, -0.25) is 14.3 Å². The number of hydrogen-bond acceptors (Lipinski definition) is 6. The molecule has 3 aromatic rings. The molecule has 11 heteroatoms. The lowest BCUT2D eigenvalue weighted by Crippen LogP contribution is -2.36. The van der Waals surface area contributed by atoms with E-state index in [-0.39, 0.29) is 11.4 Å². The molecule has 0 fully saturated rings. The van der Waals surface area contributed by atoms with Gasteiger partial charge >= 0.3 is 5.97 Å². The first-order chi connectivity index (χ1) is 13.5. The van der Waals surface area contributed by atoms with Gasteiger partial charge in [-0.05, 0) is 19.4 Å². The molecule has 0 aromatic carbocycles. The molecule has 0 saturated heterocycles. The molecule has 152 valence electrons. The summed E-state index contributed by atoms with van der Waals surface area (Å²) in [5.74, 6) is -7.13. The Hall–Kier alpha value is -2.95. The Balaban J connectivity index is 2.10. The van der Waals surface area contributed by atoms with Crippen LogP contribution in [0.5, 0.6) is 5.75 Å². The van der Waals surface area contributed by atoms with Crippen molar-refractivity contribution < 1.29 is 28.1 Å². The van der Waals surface area contributed by atoms with Gasteiger partial charge in [-0.1, -0.05) is 11.6 Å². The fraction of sp³-hybridized carbons (Fsp3) is 0.167. The molecule has 0 aliphatic rings. The minimum absolute atomic E-state index is 0.0959. The number of rotatable bonds is 4. The lowest BCUT2D eigenvalue weighted by atomic mass is 10.2. The van der Waals surface area contributed by atoms with Crippen molar-refractivity contribution in [2.45, 2.75) is 19.8 Å². The maximum atomic E-state index is 14.2. The van der Waals surface area contributed by atoms with E-state index < -0.39 is 45.5 Å². The van der Waals surface area contributed by atoms with Crippen molar-refractivity contribution in [3.05, 3.63) is 80.5 Å². The minimum Gasteiger partial charge on any atom is -0.433 e. The SMILES string of the molecule is Cc1cncc(F)c1-n1c(C)cc(OC(O)(O)c2ncc(F)cc2F)c(Cl)c1=O. The number of aromatic nitrogens is 3. The van der Waals surface area contributed by atoms with E-state index in [1.165, 1.54) is 20.0 Å². The summed E-state index contributed by atoms with van der Waals surface area (Å²) >= 11 is 5.99. The number of nitrogens with zero attached hydrogens (tertiary/aromatic N) is 3. The summed E-state index contributed by atoms with van der Waals surface area (Å²) in [6.07, 6.45) is 2.81. The highest BCUT2D eigenvalue weighted by molar-refractivity contribution is 6.31. The molecule has 0 aliphatic heterocycles. The van der Waals surface area contributed by atoms with Crippen molar-refractivity contribution in [3.8, 4) is 11.4 Å². The van der Waals surface area contributed by atoms with Crippen LogP contribution in [0.3, 0.4) is 0 Å². The zero-order valence-electron chi connectivity index (χ0n) is 15.0. The van der Waals surface area contributed by atoms with E-state index >= 15 is 0 Å². The third-order valence-corrected chi connectivity index (χ3v) is 4.30. The second-order valence-corrected chi connectivity index (χ2v) is 6.46. The summed E-state index contributed by atoms with van der Waals surface area (Å²) in [6, 6.07) is 1.48. The second-order valence-electron chi connectivity index (χ2n) is 6.09. The lowest BCUT2D eigenvalue weighted by Gasteiger charge is -2.24. The standard InChI is InChI=1S/C18H13ClF3N3O4/c1-8-5-23-7-12(22)15(8)25-9(2)3-13(14(19)17(25)26)29-18(27,28)16-11(21)4-10(20)6-24-16/h3-7,27-28H,1-2H3. The van der Waals surface area contributed by atoms with Gasteiger partial charge in [0, 0.05) is 24.0 Å². The van der Waals surface area contributed by atoms with Crippen LogP contribution in [0, 0.1) is 31.3 Å². The van der Waals surface area contributed by atoms with Crippen LogP contribution in [0.2, 0.25) is 5.02 Å². The molecule has 0 aliphatic carbocycles. The van der Waals surface area contributed by atoms with Crippen LogP contribution in [0.1, 0.15) is 17.0 Å². The maximum absolute atomic E-state index is 14.2. The third-order valence-electron chi connectivity index (χ3n) is 3.95. The molecule has 7 nitrogen and oxygen atoms in total. The van der Waals surface area contributed by atoms with Gasteiger partial charge in [-0.15, -0.1) is 0 Å². The first-order valence-electron chi connectivity index (χ1n) is 8.01. The smallest absolute Gasteiger partial charge is 0.372 e. The van der Waals surface area contributed by atoms with Crippen LogP contribution in [-0.2, 0) is 5.97 Å². The highest BCUT2D eigenvalue weighted by Crippen LogP contribution is 2.30. The summed E-state index contributed by atoms with van der Waals surface area (Å²) < 4.78 is 46.9. The van der Waals surface area contributed by atoms with E-state index in [9.17, 15) is 28.2 Å². The van der Waals surface area contributed by atoms with E-state index in [4.69, 9.17) is 16.3 Å². The van der Waals surface area contributed by atoms with Crippen LogP contribution in [-0.4, -0.2) is 24.7 Å². The average Bonchev–Trinajstić information content (AvgIpc) is 2.61. The van der Waals surface area contributed by atoms with Crippen LogP contribution in [0.15, 0.2) is 35.5 Å². The summed E-state index contributed by atoms with van der Waals surface area (Å²) in [7, 11) is 0. The molecule has 3 heterocycles. The number of halogens is 4. The van der Waals surface area contributed by atoms with Crippen molar-refractivity contribution in [1.82, 2.24) is 14.5 Å². The van der Waals surface area contributed by atoms with Gasteiger partial charge < -0.3 is 14.9 Å². The number of aliphatic hydroxyl groups is 2. The highest BCUT2D eigenvalue weighted by atomic mass is 35.5. The fourth-order valence-electron chi connectivity index (χ4n) is 2.70. The van der Waals surface area contributed by atoms with E-state index in [0.717, 1.165) is 16.8 Å². The van der Waals surface area contributed by atoms with E-state index in [2.05, 4.69) is 9.97 Å². The predicted octanol–water partition coefficient (Wildman–Crippen LogP) is 2.49. The molecule has 0 bridgehead atoms. The third kappa shape index (κ3) is 3.82. The molecule has 3 aromatic heterocycles. The summed E-state index contributed by atoms with van der Waals surface area (Å²) in [4.78, 5) is 19.6. The molecule has 0 amide bonds. The van der Waals surface area contributed by atoms with Crippen LogP contribution in [0.25, 0.3) is 5.69 Å². The Morgan fingerprint density at radius 3 is 2.41 bits per heavy atom. The minimum atomic E-state index is -3.37. The van der Waals surface area contributed by atoms with E-state index in [1.807, 2.05) is 0 Å². The molecular weight excluding hydrogens is 415 g/mol. The maximum Gasteiger partial charge on any atom is 0.372 e. The van der Waals surface area contributed by atoms with Crippen molar-refractivity contribution in [3.63, 3.8) is 0 Å². The zero-order chi connectivity index (χ0) is 21.5. The van der Waals surface area contributed by atoms with Gasteiger partial charge in [0.2, 0.25) is 0 Å². The molecule has 2 N–H and O–H groups in total. The predicted molar refractivity (Wildman–Crippen MR) is 95.2 cm³/mol. The van der Waals surface area contributed by atoms with Crippen LogP contribution in [0.4, 0.5) is 13.2 Å². The van der Waals surface area contributed by atoms with Crippen LogP contribution >= 0.6 is 11.6 Å². The zero-order valence-corrected chi connectivity index (χ0v) is 15.7. The monoisotopic (exact) mass is 427 g/mol. The Morgan fingerprint density at radius 1 is 1.10 bits per heavy atom. The quantitative estimate of drug-likeness (QED) is 0.621. The number of aryl methyl sites for hydroxylation is 2. The number of ether oxygens (including phenoxy) is 1. The molecule has 0 unspecified atom stereocenters. The van der Waals surface area contributed by atoms with E-state index in [0.29, 0.717) is 17.8 Å². The van der Waals surface area contributed by atoms with Crippen molar-refractivity contribution in [1.29, 1.82) is 0 Å². The van der Waals surface area contributed by atoms with Crippen LogP contribution < -0.4 is 10.3 Å². The topological polar surface area (TPSA) is 97.5 Å². The van der Waals surface area contributed by atoms with Gasteiger partial charge in [0.25, 0.3) is 5.56 Å². The average molecular weight is 428 g/mol. The molecule has 0 saturated carbocycles. The molecular formula is C18H13ClF3N3O4. The van der Waals surface area contributed by atoms with Gasteiger partial charge in [0.05, 0.1) is 18.1 Å². The first kappa shape index (κ1) is 20.8. The Labute approximate surface area is 166 Å². The van der Waals surface area contributed by atoms with Gasteiger partial charge in [0.15, 0.2) is 23.1 Å². The van der Waals surface area contributed by atoms with Crippen molar-refractivity contribution in [2.75, 3.05) is 0 Å². The first-order valence-corrected chi connectivity index (χ1v) is 8.38. The van der Waals surface area contributed by atoms with Gasteiger partial charge in [0.1, 0.15) is 10.8 Å². The lowest BCUT2D eigenvalue weighted by molar-refractivity contribution is -0.308. The summed E-state index contributed by atoms with van der Waals surface area (Å²) in [6.45, 7) is 2.95. The highest BCUT2D eigenvalue weighted by Gasteiger charge is 2.36. The summed E-state index contributed by atoms with van der Waals surface area (Å²) in [5.41, 5.74) is -1.62. The van der Waals surface area contributed by atoms with E-state index in [1.54, 1.807) is 0 Å². The van der Waals surface area contributed by atoms with Gasteiger partial charge in [-0.2, -0.15) is 0 Å².